The molecule has 43 heavy (non-hydrogen) atoms. The van der Waals surface area contributed by atoms with Gasteiger partial charge in [-0.1, -0.05) is 18.2 Å². The molecule has 0 bridgehead atoms. The number of carbonyl (C=O) groups excluding carboxylic acids is 1. The van der Waals surface area contributed by atoms with Gasteiger partial charge in [-0.15, -0.1) is 0 Å². The number of hydrogen-bond donors (Lipinski definition) is 2. The minimum absolute atomic E-state index is 0.0145. The fraction of sp³-hybridized carbons (Fsp3) is 0.310. The Labute approximate surface area is 247 Å². The second-order valence-corrected chi connectivity index (χ2v) is 10.7. The second-order valence-electron chi connectivity index (χ2n) is 10.7. The van der Waals surface area contributed by atoms with Crippen molar-refractivity contribution in [3.63, 3.8) is 0 Å². The number of carboxylic acid groups (broad SMARTS) is 1. The molecule has 2 N–H and O–H groups in total. The Balaban J connectivity index is 1.86. The number of aromatic amines is 1. The average molecular weight is 592 g/mol. The molecular weight excluding hydrogens is 558 g/mol. The number of nitrogens with zero attached hydrogens (tertiary/aromatic N) is 6. The van der Waals surface area contributed by atoms with E-state index in [4.69, 9.17) is 9.47 Å². The quantitative estimate of drug-likeness (QED) is 0.183. The van der Waals surface area contributed by atoms with Crippen LogP contribution in [0.4, 0.5) is 32.6 Å². The molecule has 2 heterocycles. The highest BCUT2D eigenvalue weighted by Crippen LogP contribution is 2.42. The van der Waals surface area contributed by atoms with Crippen molar-refractivity contribution in [1.29, 1.82) is 0 Å². The number of benzene rings is 2. The number of rotatable bonds is 9. The molecule has 4 rings (SSSR count). The van der Waals surface area contributed by atoms with Gasteiger partial charge in [0.1, 0.15) is 22.7 Å². The summed E-state index contributed by atoms with van der Waals surface area (Å²) < 4.78 is 11.3. The van der Waals surface area contributed by atoms with Crippen molar-refractivity contribution in [2.24, 2.45) is 0 Å². The van der Waals surface area contributed by atoms with Crippen molar-refractivity contribution in [3.8, 4) is 17.0 Å². The van der Waals surface area contributed by atoms with Crippen LogP contribution in [0.1, 0.15) is 20.8 Å². The number of amides is 2. The van der Waals surface area contributed by atoms with Gasteiger partial charge in [0, 0.05) is 68.2 Å². The number of hydrogen-bond acceptors (Lipinski definition) is 9. The van der Waals surface area contributed by atoms with E-state index >= 15 is 0 Å². The number of H-pyrrole nitrogens is 1. The highest BCUT2D eigenvalue weighted by atomic mass is 16.6. The number of anilines is 3. The number of likely N-dealkylation sites (N-methyl/N-ethyl adjacent to an activating group) is 2. The van der Waals surface area contributed by atoms with E-state index in [-0.39, 0.29) is 41.8 Å². The smallest absolute Gasteiger partial charge is 0.422 e. The maximum absolute atomic E-state index is 13.7. The van der Waals surface area contributed by atoms with Crippen LogP contribution in [0.2, 0.25) is 0 Å². The summed E-state index contributed by atoms with van der Waals surface area (Å²) >= 11 is 0. The number of aromatic nitrogens is 3. The van der Waals surface area contributed by atoms with Gasteiger partial charge in [-0.05, 0) is 32.9 Å². The maximum atomic E-state index is 13.7. The van der Waals surface area contributed by atoms with E-state index in [1.165, 1.54) is 37.4 Å². The number of methoxy groups -OCH3 is 1. The van der Waals surface area contributed by atoms with Crippen LogP contribution in [0.5, 0.6) is 5.75 Å². The summed E-state index contributed by atoms with van der Waals surface area (Å²) in [6, 6.07) is 12.0. The molecule has 0 aliphatic rings. The van der Waals surface area contributed by atoms with Crippen LogP contribution < -0.4 is 14.5 Å². The Morgan fingerprint density at radius 1 is 1.09 bits per heavy atom. The number of nitro benzene ring substituents is 1. The van der Waals surface area contributed by atoms with Crippen molar-refractivity contribution < 1.29 is 29.1 Å². The third-order valence-electron chi connectivity index (χ3n) is 6.51. The first-order valence-corrected chi connectivity index (χ1v) is 13.2. The predicted octanol–water partition coefficient (Wildman–Crippen LogP) is 5.66. The van der Waals surface area contributed by atoms with Gasteiger partial charge >= 0.3 is 12.2 Å². The molecule has 0 saturated heterocycles. The number of nitrogens with one attached hydrogen (secondary N) is 1. The van der Waals surface area contributed by atoms with Gasteiger partial charge in [0.05, 0.1) is 17.7 Å². The van der Waals surface area contributed by atoms with Crippen LogP contribution >= 0.6 is 0 Å². The predicted molar refractivity (Wildman–Crippen MR) is 161 cm³/mol. The summed E-state index contributed by atoms with van der Waals surface area (Å²) in [6.07, 6.45) is 1.28. The zero-order chi connectivity index (χ0) is 31.5. The summed E-state index contributed by atoms with van der Waals surface area (Å²) in [4.78, 5) is 52.5. The number of nitro groups is 1. The van der Waals surface area contributed by atoms with E-state index in [0.29, 0.717) is 5.69 Å². The molecule has 14 nitrogen and oxygen atoms in total. The van der Waals surface area contributed by atoms with E-state index in [1.807, 2.05) is 24.3 Å². The van der Waals surface area contributed by atoms with Crippen molar-refractivity contribution in [2.75, 3.05) is 44.1 Å². The lowest BCUT2D eigenvalue weighted by molar-refractivity contribution is -0.384. The van der Waals surface area contributed by atoms with Gasteiger partial charge in [-0.25, -0.2) is 24.5 Å². The molecule has 0 spiro atoms. The monoisotopic (exact) mass is 591 g/mol. The van der Waals surface area contributed by atoms with Crippen LogP contribution in [0.15, 0.2) is 54.9 Å². The van der Waals surface area contributed by atoms with Gasteiger partial charge in [0.2, 0.25) is 5.95 Å². The van der Waals surface area contributed by atoms with Crippen molar-refractivity contribution in [1.82, 2.24) is 19.9 Å². The molecule has 2 aromatic carbocycles. The molecule has 4 aromatic rings. The highest BCUT2D eigenvalue weighted by Gasteiger charge is 2.33. The Morgan fingerprint density at radius 3 is 2.47 bits per heavy atom. The topological polar surface area (TPSA) is 167 Å². The molecule has 0 saturated carbocycles. The number of ether oxygens (including phenoxy) is 2. The lowest BCUT2D eigenvalue weighted by atomic mass is 10.1. The molecule has 14 heteroatoms. The third-order valence-corrected chi connectivity index (χ3v) is 6.51. The Morgan fingerprint density at radius 2 is 1.81 bits per heavy atom. The molecule has 0 atom stereocenters. The van der Waals surface area contributed by atoms with E-state index in [0.717, 1.165) is 26.3 Å². The molecule has 0 aliphatic heterocycles. The molecule has 2 amide bonds. The first kappa shape index (κ1) is 30.6. The standard InChI is InChI=1S/C29H33N7O7/c1-29(2,3)43-28(39)35(26-30-12-11-21(32-26)19-17-31-20-10-8-7-9-18(19)20)24-15-23(36(40)41)22(16-25(24)42-6)33(4)13-14-34(5)27(37)38/h7-12,15-17,31H,13-14H2,1-6H3,(H,37,38). The summed E-state index contributed by atoms with van der Waals surface area (Å²) in [7, 11) is 4.36. The van der Waals surface area contributed by atoms with Gasteiger partial charge < -0.3 is 29.4 Å². The first-order chi connectivity index (χ1) is 20.3. The average Bonchev–Trinajstić information content (AvgIpc) is 3.39. The minimum atomic E-state index is -1.13. The van der Waals surface area contributed by atoms with Gasteiger partial charge in [0.15, 0.2) is 0 Å². The van der Waals surface area contributed by atoms with E-state index < -0.39 is 22.7 Å². The lowest BCUT2D eigenvalue weighted by Gasteiger charge is -2.28. The second kappa shape index (κ2) is 12.2. The molecule has 0 aliphatic carbocycles. The number of fused-ring (bicyclic) bond motifs is 1. The summed E-state index contributed by atoms with van der Waals surface area (Å²) in [6.45, 7) is 5.32. The maximum Gasteiger partial charge on any atom is 0.422 e. The first-order valence-electron chi connectivity index (χ1n) is 13.2. The molecule has 2 aromatic heterocycles. The van der Waals surface area contributed by atoms with Crippen LogP contribution in [0.25, 0.3) is 22.2 Å². The molecule has 0 radical (unpaired) electrons. The number of para-hydroxylation sites is 1. The van der Waals surface area contributed by atoms with Crippen LogP contribution in [0.3, 0.4) is 0 Å². The molecule has 226 valence electrons. The largest absolute Gasteiger partial charge is 0.494 e. The van der Waals surface area contributed by atoms with Gasteiger partial charge in [-0.2, -0.15) is 0 Å². The molecule has 0 unspecified atom stereocenters. The SMILES string of the molecule is COc1cc(N(C)CCN(C)C(=O)O)c([N+](=O)[O-])cc1N(C(=O)OC(C)(C)C)c1nccc(-c2c[nH]c3ccccc23)n1. The normalized spacial score (nSPS) is 11.2. The fourth-order valence-corrected chi connectivity index (χ4v) is 4.34. The Kier molecular flexibility index (Phi) is 8.69. The summed E-state index contributed by atoms with van der Waals surface area (Å²) in [5.41, 5.74) is 1.04. The van der Waals surface area contributed by atoms with Crippen molar-refractivity contribution in [2.45, 2.75) is 26.4 Å². The van der Waals surface area contributed by atoms with Crippen molar-refractivity contribution >= 4 is 46.1 Å². The molecular formula is C29H33N7O7. The minimum Gasteiger partial charge on any atom is -0.494 e. The van der Waals surface area contributed by atoms with Gasteiger partial charge in [0.25, 0.3) is 5.69 Å². The lowest BCUT2D eigenvalue weighted by Crippen LogP contribution is -2.35. The van der Waals surface area contributed by atoms with Crippen molar-refractivity contribution in [3.05, 3.63) is 65.0 Å². The summed E-state index contributed by atoms with van der Waals surface area (Å²) in [5, 5.41) is 22.4. The highest BCUT2D eigenvalue weighted by molar-refractivity contribution is 5.98. The van der Waals surface area contributed by atoms with E-state index in [2.05, 4.69) is 15.0 Å². The van der Waals surface area contributed by atoms with Crippen LogP contribution in [0, 0.1) is 10.1 Å². The Hall–Kier alpha value is -5.40. The van der Waals surface area contributed by atoms with Crippen LogP contribution in [-0.4, -0.2) is 82.0 Å². The summed E-state index contributed by atoms with van der Waals surface area (Å²) in [5.74, 6) is 0.0137. The zero-order valence-electron chi connectivity index (χ0n) is 24.7. The van der Waals surface area contributed by atoms with E-state index in [1.54, 1.807) is 40.1 Å². The van der Waals surface area contributed by atoms with Crippen LogP contribution in [-0.2, 0) is 4.74 Å². The molecule has 0 fully saturated rings. The van der Waals surface area contributed by atoms with Gasteiger partial charge in [-0.3, -0.25) is 10.1 Å². The van der Waals surface area contributed by atoms with E-state index in [9.17, 15) is 24.8 Å². The Bertz CT molecular complexity index is 1660. The third kappa shape index (κ3) is 6.74. The number of carbonyl (C=O) groups is 2. The fourth-order valence-electron chi connectivity index (χ4n) is 4.34. The zero-order valence-corrected chi connectivity index (χ0v) is 24.7.